The monoisotopic (exact) mass is 255 g/mol. The van der Waals surface area contributed by atoms with Crippen molar-refractivity contribution in [3.63, 3.8) is 0 Å². The number of esters is 1. The van der Waals surface area contributed by atoms with E-state index < -0.39 is 0 Å². The highest BCUT2D eigenvalue weighted by Crippen LogP contribution is 2.19. The second-order valence-corrected chi connectivity index (χ2v) is 3.64. The van der Waals surface area contributed by atoms with Crippen molar-refractivity contribution in [2.75, 3.05) is 0 Å². The number of hydrogen-bond donors (Lipinski definition) is 1. The molecule has 4 heteroatoms. The van der Waals surface area contributed by atoms with Gasteiger partial charge in [0, 0.05) is 13.0 Å². The third kappa shape index (κ3) is 5.52. The number of hydrogen-bond acceptors (Lipinski definition) is 3. The average Bonchev–Trinajstić information content (AvgIpc) is 2.26. The second kappa shape index (κ2) is 7.87. The molecule has 0 aliphatic heterocycles. The standard InChI is InChI=1S/C13H17NO2.ClH/c1-3-4-5-13(14)11-6-8-12(9-7-11)16-10(2)15;/h3,6-9,13H,1,4-5,14H2,2H3;1H/t13-;/m0./s1. The van der Waals surface area contributed by atoms with E-state index in [1.54, 1.807) is 12.1 Å². The zero-order chi connectivity index (χ0) is 12.0. The molecule has 0 spiro atoms. The lowest BCUT2D eigenvalue weighted by Gasteiger charge is -2.11. The molecule has 0 bridgehead atoms. The summed E-state index contributed by atoms with van der Waals surface area (Å²) in [5, 5.41) is 0. The molecule has 3 nitrogen and oxygen atoms in total. The Hall–Kier alpha value is -1.32. The number of carbonyl (C=O) groups is 1. The van der Waals surface area contributed by atoms with Gasteiger partial charge in [-0.15, -0.1) is 19.0 Å². The second-order valence-electron chi connectivity index (χ2n) is 3.64. The molecule has 2 N–H and O–H groups in total. The minimum absolute atomic E-state index is 0. The van der Waals surface area contributed by atoms with Crippen LogP contribution in [0.3, 0.4) is 0 Å². The number of ether oxygens (including phenoxy) is 1. The Morgan fingerprint density at radius 3 is 2.53 bits per heavy atom. The van der Waals surface area contributed by atoms with Crippen LogP contribution in [0.2, 0.25) is 0 Å². The highest BCUT2D eigenvalue weighted by molar-refractivity contribution is 5.85. The number of benzene rings is 1. The van der Waals surface area contributed by atoms with Gasteiger partial charge in [-0.2, -0.15) is 0 Å². The van der Waals surface area contributed by atoms with Gasteiger partial charge in [-0.25, -0.2) is 0 Å². The van der Waals surface area contributed by atoms with E-state index in [2.05, 4.69) is 6.58 Å². The molecule has 0 aliphatic rings. The Morgan fingerprint density at radius 2 is 2.06 bits per heavy atom. The van der Waals surface area contributed by atoms with Crippen LogP contribution in [-0.2, 0) is 4.79 Å². The van der Waals surface area contributed by atoms with Crippen molar-refractivity contribution in [3.05, 3.63) is 42.5 Å². The molecule has 0 radical (unpaired) electrons. The third-order valence-corrected chi connectivity index (χ3v) is 2.25. The molecule has 17 heavy (non-hydrogen) atoms. The molecule has 94 valence electrons. The largest absolute Gasteiger partial charge is 0.427 e. The van der Waals surface area contributed by atoms with Gasteiger partial charge in [-0.1, -0.05) is 18.2 Å². The molecule has 1 rings (SSSR count). The highest BCUT2D eigenvalue weighted by Gasteiger charge is 2.05. The molecule has 1 aromatic rings. The molecule has 0 saturated heterocycles. The van der Waals surface area contributed by atoms with Crippen molar-refractivity contribution in [1.29, 1.82) is 0 Å². The molecule has 0 aromatic heterocycles. The van der Waals surface area contributed by atoms with E-state index in [1.165, 1.54) is 6.92 Å². The summed E-state index contributed by atoms with van der Waals surface area (Å²) in [7, 11) is 0. The fraction of sp³-hybridized carbons (Fsp3) is 0.308. The number of rotatable bonds is 5. The van der Waals surface area contributed by atoms with Gasteiger partial charge in [0.25, 0.3) is 0 Å². The number of halogens is 1. The first-order chi connectivity index (χ1) is 7.63. The lowest BCUT2D eigenvalue weighted by Crippen LogP contribution is -2.09. The SMILES string of the molecule is C=CCC[C@H](N)c1ccc(OC(C)=O)cc1.Cl. The molecule has 0 amide bonds. The molecule has 1 aromatic carbocycles. The smallest absolute Gasteiger partial charge is 0.308 e. The maximum Gasteiger partial charge on any atom is 0.308 e. The van der Waals surface area contributed by atoms with Gasteiger partial charge in [-0.3, -0.25) is 4.79 Å². The van der Waals surface area contributed by atoms with Gasteiger partial charge >= 0.3 is 5.97 Å². The first-order valence-electron chi connectivity index (χ1n) is 5.28. The third-order valence-electron chi connectivity index (χ3n) is 2.25. The van der Waals surface area contributed by atoms with Crippen LogP contribution in [0.5, 0.6) is 5.75 Å². The van der Waals surface area contributed by atoms with Crippen molar-refractivity contribution in [3.8, 4) is 5.75 Å². The van der Waals surface area contributed by atoms with Gasteiger partial charge in [0.1, 0.15) is 5.75 Å². The van der Waals surface area contributed by atoms with Crippen molar-refractivity contribution in [1.82, 2.24) is 0 Å². The summed E-state index contributed by atoms with van der Waals surface area (Å²) >= 11 is 0. The van der Waals surface area contributed by atoms with Crippen LogP contribution < -0.4 is 10.5 Å². The lowest BCUT2D eigenvalue weighted by molar-refractivity contribution is -0.131. The van der Waals surface area contributed by atoms with Gasteiger partial charge in [0.2, 0.25) is 0 Å². The molecule has 1 atom stereocenters. The summed E-state index contributed by atoms with van der Waals surface area (Å²) < 4.78 is 4.93. The normalized spacial score (nSPS) is 11.2. The summed E-state index contributed by atoms with van der Waals surface area (Å²) in [5.41, 5.74) is 7.02. The maximum absolute atomic E-state index is 10.7. The molecule has 0 aliphatic carbocycles. The van der Waals surface area contributed by atoms with Crippen LogP contribution in [-0.4, -0.2) is 5.97 Å². The van der Waals surface area contributed by atoms with E-state index in [0.29, 0.717) is 5.75 Å². The lowest BCUT2D eigenvalue weighted by atomic mass is 10.0. The average molecular weight is 256 g/mol. The molecule has 0 saturated carbocycles. The number of nitrogens with two attached hydrogens (primary N) is 1. The minimum Gasteiger partial charge on any atom is -0.427 e. The van der Waals surface area contributed by atoms with Crippen molar-refractivity contribution in [2.24, 2.45) is 5.73 Å². The van der Waals surface area contributed by atoms with E-state index >= 15 is 0 Å². The van der Waals surface area contributed by atoms with Gasteiger partial charge in [0.05, 0.1) is 0 Å². The van der Waals surface area contributed by atoms with Gasteiger partial charge < -0.3 is 10.5 Å². The Morgan fingerprint density at radius 1 is 1.47 bits per heavy atom. The molecule has 0 unspecified atom stereocenters. The predicted molar refractivity (Wildman–Crippen MR) is 71.4 cm³/mol. The summed E-state index contributed by atoms with van der Waals surface area (Å²) in [5.74, 6) is 0.232. The van der Waals surface area contributed by atoms with Gasteiger partial charge in [0.15, 0.2) is 0 Å². The van der Waals surface area contributed by atoms with Crippen molar-refractivity contribution < 1.29 is 9.53 Å². The van der Waals surface area contributed by atoms with E-state index in [1.807, 2.05) is 18.2 Å². The Labute approximate surface area is 108 Å². The van der Waals surface area contributed by atoms with Crippen LogP contribution in [0.4, 0.5) is 0 Å². The zero-order valence-corrected chi connectivity index (χ0v) is 10.7. The summed E-state index contributed by atoms with van der Waals surface area (Å²) in [6.45, 7) is 5.04. The summed E-state index contributed by atoms with van der Waals surface area (Å²) in [6, 6.07) is 7.27. The Bertz CT molecular complexity index is 362. The number of carbonyl (C=O) groups excluding carboxylic acids is 1. The van der Waals surface area contributed by atoms with E-state index in [0.717, 1.165) is 18.4 Å². The van der Waals surface area contributed by atoms with Gasteiger partial charge in [-0.05, 0) is 30.5 Å². The van der Waals surface area contributed by atoms with E-state index in [4.69, 9.17) is 10.5 Å². The van der Waals surface area contributed by atoms with Crippen molar-refractivity contribution in [2.45, 2.75) is 25.8 Å². The van der Waals surface area contributed by atoms with Crippen LogP contribution in [0.25, 0.3) is 0 Å². The fourth-order valence-corrected chi connectivity index (χ4v) is 1.41. The number of allylic oxidation sites excluding steroid dienone is 1. The predicted octanol–water partition coefficient (Wildman–Crippen LogP) is 3.00. The highest BCUT2D eigenvalue weighted by atomic mass is 35.5. The van der Waals surface area contributed by atoms with E-state index in [-0.39, 0.29) is 24.4 Å². The zero-order valence-electron chi connectivity index (χ0n) is 9.89. The van der Waals surface area contributed by atoms with Crippen LogP contribution in [0.15, 0.2) is 36.9 Å². The fourth-order valence-electron chi connectivity index (χ4n) is 1.41. The minimum atomic E-state index is -0.316. The van der Waals surface area contributed by atoms with E-state index in [9.17, 15) is 4.79 Å². The Balaban J connectivity index is 0.00000256. The molecular weight excluding hydrogens is 238 g/mol. The van der Waals surface area contributed by atoms with Crippen LogP contribution >= 0.6 is 12.4 Å². The maximum atomic E-state index is 10.7. The molecule has 0 fully saturated rings. The first kappa shape index (κ1) is 15.7. The summed E-state index contributed by atoms with van der Waals surface area (Å²) in [4.78, 5) is 10.7. The van der Waals surface area contributed by atoms with Crippen LogP contribution in [0, 0.1) is 0 Å². The van der Waals surface area contributed by atoms with Crippen molar-refractivity contribution >= 4 is 18.4 Å². The Kier molecular flexibility index (Phi) is 7.26. The summed E-state index contributed by atoms with van der Waals surface area (Å²) in [6.07, 6.45) is 3.62. The molecule has 0 heterocycles. The molecular formula is C13H18ClNO2. The van der Waals surface area contributed by atoms with Crippen LogP contribution in [0.1, 0.15) is 31.4 Å². The topological polar surface area (TPSA) is 52.3 Å². The first-order valence-corrected chi connectivity index (χ1v) is 5.28. The quantitative estimate of drug-likeness (QED) is 0.500.